The molecule has 0 aliphatic carbocycles. The minimum Gasteiger partial charge on any atom is -0.394 e. The van der Waals surface area contributed by atoms with Gasteiger partial charge in [-0.2, -0.15) is 26.3 Å². The molecule has 0 saturated carbocycles. The summed E-state index contributed by atoms with van der Waals surface area (Å²) in [5.41, 5.74) is -1.32. The van der Waals surface area contributed by atoms with E-state index in [-0.39, 0.29) is 26.2 Å². The average Bonchev–Trinajstić information content (AvgIpc) is 3.31. The fourth-order valence-corrected chi connectivity index (χ4v) is 3.67. The number of aliphatic hydroxyl groups is 1. The highest BCUT2D eigenvalue weighted by molar-refractivity contribution is 5.28. The molecule has 1 aromatic carbocycles. The topological polar surface area (TPSA) is 41.9 Å². The lowest BCUT2D eigenvalue weighted by molar-refractivity contribution is -0.137. The summed E-state index contributed by atoms with van der Waals surface area (Å²) in [5.74, 6) is 0. The SMILES string of the molecule is C#C.C/C(=C\C=C(/C)C(F)(F)F)CC1OCC2(CO)COC(c3ccc(C(F)(F)F)cc3)N12. The molecule has 3 atom stereocenters. The minimum absolute atomic E-state index is 0.113. The highest BCUT2D eigenvalue weighted by Crippen LogP contribution is 2.45. The second kappa shape index (κ2) is 10.3. The lowest BCUT2D eigenvalue weighted by Gasteiger charge is -2.33. The molecule has 2 aliphatic heterocycles. The number of benzene rings is 1. The standard InChI is InChI=1S/C21H23F6NO3.C2H2/c1-13(3-4-14(2)20(22,23)24)9-17-28-18(31-12-19(28,10-29)11-30-17)15-5-7-16(8-6-15)21(25,26)27;1-2/h3-8,17-18,29H,9-12H2,1-2H3;1-2H/b13-3+,14-4+;. The molecule has 4 nitrogen and oxygen atoms in total. The quantitative estimate of drug-likeness (QED) is 0.359. The maximum absolute atomic E-state index is 12.9. The summed E-state index contributed by atoms with van der Waals surface area (Å²) in [4.78, 5) is 1.76. The number of hydrogen-bond donors (Lipinski definition) is 1. The highest BCUT2D eigenvalue weighted by atomic mass is 19.4. The lowest BCUT2D eigenvalue weighted by Crippen LogP contribution is -2.49. The molecule has 2 aliphatic rings. The number of fused-ring (bicyclic) bond motifs is 1. The maximum Gasteiger partial charge on any atom is 0.416 e. The van der Waals surface area contributed by atoms with E-state index in [1.165, 1.54) is 18.2 Å². The van der Waals surface area contributed by atoms with Gasteiger partial charge in [-0.25, -0.2) is 4.90 Å². The highest BCUT2D eigenvalue weighted by Gasteiger charge is 2.56. The van der Waals surface area contributed by atoms with Gasteiger partial charge < -0.3 is 14.6 Å². The fraction of sp³-hybridized carbons (Fsp3) is 0.478. The molecular formula is C23H25F6NO3. The van der Waals surface area contributed by atoms with Crippen LogP contribution in [0.2, 0.25) is 0 Å². The number of aliphatic hydroxyl groups excluding tert-OH is 1. The molecule has 0 radical (unpaired) electrons. The van der Waals surface area contributed by atoms with Gasteiger partial charge in [-0.3, -0.25) is 0 Å². The van der Waals surface area contributed by atoms with Crippen LogP contribution in [0.3, 0.4) is 0 Å². The van der Waals surface area contributed by atoms with Gasteiger partial charge in [0.15, 0.2) is 0 Å². The maximum atomic E-state index is 12.9. The lowest BCUT2D eigenvalue weighted by atomic mass is 10.0. The number of terminal acetylenes is 1. The third-order valence-electron chi connectivity index (χ3n) is 5.54. The summed E-state index contributed by atoms with van der Waals surface area (Å²) >= 11 is 0. The van der Waals surface area contributed by atoms with Crippen LogP contribution < -0.4 is 0 Å². The first-order valence-corrected chi connectivity index (χ1v) is 9.92. The smallest absolute Gasteiger partial charge is 0.394 e. The van der Waals surface area contributed by atoms with Gasteiger partial charge in [-0.1, -0.05) is 29.9 Å². The van der Waals surface area contributed by atoms with E-state index in [1.807, 2.05) is 0 Å². The predicted octanol–water partition coefficient (Wildman–Crippen LogP) is 5.22. The Morgan fingerprint density at radius 1 is 1.06 bits per heavy atom. The molecular weight excluding hydrogens is 452 g/mol. The number of alkyl halides is 6. The van der Waals surface area contributed by atoms with Crippen LogP contribution in [-0.4, -0.2) is 47.8 Å². The number of halogens is 6. The van der Waals surface area contributed by atoms with Crippen molar-refractivity contribution in [2.45, 2.75) is 50.6 Å². The van der Waals surface area contributed by atoms with E-state index in [0.717, 1.165) is 25.1 Å². The first-order valence-electron chi connectivity index (χ1n) is 9.92. The van der Waals surface area contributed by atoms with E-state index >= 15 is 0 Å². The van der Waals surface area contributed by atoms with Crippen LogP contribution in [-0.2, 0) is 15.7 Å². The Labute approximate surface area is 188 Å². The van der Waals surface area contributed by atoms with Crippen molar-refractivity contribution < 1.29 is 40.9 Å². The Bertz CT molecular complexity index is 888. The van der Waals surface area contributed by atoms with Crippen molar-refractivity contribution >= 4 is 0 Å². The summed E-state index contributed by atoms with van der Waals surface area (Å²) in [5, 5.41) is 9.96. The number of allylic oxidation sites excluding steroid dienone is 3. The zero-order chi connectivity index (χ0) is 25.0. The van der Waals surface area contributed by atoms with Crippen molar-refractivity contribution in [1.82, 2.24) is 4.90 Å². The molecule has 1 aromatic rings. The molecule has 2 fully saturated rings. The fourth-order valence-electron chi connectivity index (χ4n) is 3.67. The van der Waals surface area contributed by atoms with E-state index < -0.39 is 41.5 Å². The van der Waals surface area contributed by atoms with E-state index in [2.05, 4.69) is 12.8 Å². The van der Waals surface area contributed by atoms with Crippen molar-refractivity contribution in [3.63, 3.8) is 0 Å². The molecule has 0 amide bonds. The Balaban J connectivity index is 0.00000187. The molecule has 3 rings (SSSR count). The van der Waals surface area contributed by atoms with E-state index in [9.17, 15) is 31.4 Å². The van der Waals surface area contributed by atoms with Crippen LogP contribution >= 0.6 is 0 Å². The average molecular weight is 477 g/mol. The Morgan fingerprint density at radius 3 is 2.15 bits per heavy atom. The molecule has 33 heavy (non-hydrogen) atoms. The van der Waals surface area contributed by atoms with Crippen molar-refractivity contribution in [3.8, 4) is 12.8 Å². The van der Waals surface area contributed by atoms with Crippen molar-refractivity contribution in [1.29, 1.82) is 0 Å². The van der Waals surface area contributed by atoms with E-state index in [0.29, 0.717) is 11.1 Å². The van der Waals surface area contributed by atoms with Gasteiger partial charge in [0, 0.05) is 12.0 Å². The van der Waals surface area contributed by atoms with Gasteiger partial charge in [0.25, 0.3) is 0 Å². The third-order valence-corrected chi connectivity index (χ3v) is 5.54. The normalized spacial score (nSPS) is 26.6. The molecule has 2 heterocycles. The second-order valence-corrected chi connectivity index (χ2v) is 7.90. The molecule has 0 aromatic heterocycles. The first kappa shape index (κ1) is 26.9. The number of nitrogens with zero attached hydrogens (tertiary/aromatic N) is 1. The van der Waals surface area contributed by atoms with Gasteiger partial charge >= 0.3 is 12.4 Å². The minimum atomic E-state index is -4.47. The van der Waals surface area contributed by atoms with Crippen LogP contribution in [0.4, 0.5) is 26.3 Å². The molecule has 10 heteroatoms. The molecule has 0 bridgehead atoms. The van der Waals surface area contributed by atoms with Crippen molar-refractivity contribution in [3.05, 3.63) is 58.7 Å². The summed E-state index contributed by atoms with van der Waals surface area (Å²) in [6, 6.07) is 4.54. The van der Waals surface area contributed by atoms with Gasteiger partial charge in [0.1, 0.15) is 12.5 Å². The Kier molecular flexibility index (Phi) is 8.41. The zero-order valence-electron chi connectivity index (χ0n) is 18.1. The monoisotopic (exact) mass is 477 g/mol. The summed E-state index contributed by atoms with van der Waals surface area (Å²) in [7, 11) is 0. The zero-order valence-corrected chi connectivity index (χ0v) is 18.1. The van der Waals surface area contributed by atoms with E-state index in [1.54, 1.807) is 11.8 Å². The van der Waals surface area contributed by atoms with Crippen LogP contribution in [0.5, 0.6) is 0 Å². The van der Waals surface area contributed by atoms with E-state index in [4.69, 9.17) is 9.47 Å². The van der Waals surface area contributed by atoms with Gasteiger partial charge in [0.2, 0.25) is 0 Å². The second-order valence-electron chi connectivity index (χ2n) is 7.90. The summed E-state index contributed by atoms with van der Waals surface area (Å²) in [6.07, 6.45) is 0.340. The van der Waals surface area contributed by atoms with Crippen LogP contribution in [0.25, 0.3) is 0 Å². The van der Waals surface area contributed by atoms with Crippen molar-refractivity contribution in [2.75, 3.05) is 19.8 Å². The predicted molar refractivity (Wildman–Crippen MR) is 110 cm³/mol. The summed E-state index contributed by atoms with van der Waals surface area (Å²) in [6.45, 7) is 2.59. The van der Waals surface area contributed by atoms with Crippen LogP contribution in [0.1, 0.15) is 37.6 Å². The van der Waals surface area contributed by atoms with Gasteiger partial charge in [-0.15, -0.1) is 12.8 Å². The molecule has 0 spiro atoms. The number of hydrogen-bond acceptors (Lipinski definition) is 4. The molecule has 3 unspecified atom stereocenters. The number of rotatable bonds is 5. The van der Waals surface area contributed by atoms with Crippen LogP contribution in [0, 0.1) is 12.8 Å². The van der Waals surface area contributed by atoms with Gasteiger partial charge in [0.05, 0.1) is 30.9 Å². The third kappa shape index (κ3) is 5.98. The number of ether oxygens (including phenoxy) is 2. The molecule has 1 N–H and O–H groups in total. The summed E-state index contributed by atoms with van der Waals surface area (Å²) < 4.78 is 88.2. The molecule has 182 valence electrons. The Morgan fingerprint density at radius 2 is 1.64 bits per heavy atom. The largest absolute Gasteiger partial charge is 0.416 e. The van der Waals surface area contributed by atoms with Gasteiger partial charge in [-0.05, 0) is 31.5 Å². The van der Waals surface area contributed by atoms with Crippen LogP contribution in [0.15, 0.2) is 47.6 Å². The van der Waals surface area contributed by atoms with Crippen molar-refractivity contribution in [2.24, 2.45) is 0 Å². The molecule has 2 saturated heterocycles. The first-order chi connectivity index (χ1) is 15.4. The Hall–Kier alpha value is -2.32.